The van der Waals surface area contributed by atoms with Crippen molar-refractivity contribution in [3.05, 3.63) is 82.2 Å². The van der Waals surface area contributed by atoms with Gasteiger partial charge in [0.1, 0.15) is 17.1 Å². The number of carbonyl (C=O) groups is 1. The first-order valence-corrected chi connectivity index (χ1v) is 10.4. The third-order valence-corrected chi connectivity index (χ3v) is 5.38. The summed E-state index contributed by atoms with van der Waals surface area (Å²) in [6.45, 7) is 2.08. The minimum absolute atomic E-state index is 0.272. The SMILES string of the molecule is COc1ccc(/C=C\C(=O)c2c(-c3ccccc3)nn(C)c(=O)c2N2CCOCC2)cc1. The second kappa shape index (κ2) is 9.62. The molecule has 4 rings (SSSR count). The number of aryl methyl sites for hydroxylation is 1. The van der Waals surface area contributed by atoms with E-state index in [0.29, 0.717) is 43.2 Å². The maximum Gasteiger partial charge on any atom is 0.290 e. The van der Waals surface area contributed by atoms with E-state index in [0.717, 1.165) is 16.9 Å². The smallest absolute Gasteiger partial charge is 0.290 e. The van der Waals surface area contributed by atoms with Crippen LogP contribution < -0.4 is 15.2 Å². The molecule has 1 fully saturated rings. The van der Waals surface area contributed by atoms with Gasteiger partial charge >= 0.3 is 0 Å². The number of hydrogen-bond donors (Lipinski definition) is 0. The Kier molecular flexibility index (Phi) is 6.47. The number of rotatable bonds is 6. The summed E-state index contributed by atoms with van der Waals surface area (Å²) in [5.74, 6) is 0.469. The van der Waals surface area contributed by atoms with E-state index >= 15 is 0 Å². The molecule has 3 aromatic rings. The first-order valence-electron chi connectivity index (χ1n) is 10.4. The summed E-state index contributed by atoms with van der Waals surface area (Å²) in [6.07, 6.45) is 3.23. The van der Waals surface area contributed by atoms with Gasteiger partial charge < -0.3 is 14.4 Å². The van der Waals surface area contributed by atoms with Crippen molar-refractivity contribution < 1.29 is 14.3 Å². The average Bonchev–Trinajstić information content (AvgIpc) is 2.85. The van der Waals surface area contributed by atoms with Gasteiger partial charge in [-0.1, -0.05) is 48.5 Å². The Morgan fingerprint density at radius 3 is 2.41 bits per heavy atom. The minimum atomic E-state index is -0.298. The van der Waals surface area contributed by atoms with Gasteiger partial charge in [0, 0.05) is 25.7 Å². The molecule has 0 aliphatic carbocycles. The van der Waals surface area contributed by atoms with Crippen LogP contribution in [0.5, 0.6) is 5.75 Å². The summed E-state index contributed by atoms with van der Waals surface area (Å²) < 4.78 is 11.9. The molecule has 7 nitrogen and oxygen atoms in total. The molecule has 2 aromatic carbocycles. The molecule has 0 radical (unpaired) electrons. The van der Waals surface area contributed by atoms with Crippen LogP contribution in [0.2, 0.25) is 0 Å². The van der Waals surface area contributed by atoms with Gasteiger partial charge in [0.05, 0.1) is 25.9 Å². The van der Waals surface area contributed by atoms with Gasteiger partial charge in [-0.15, -0.1) is 0 Å². The number of carbonyl (C=O) groups excluding carboxylic acids is 1. The molecule has 0 amide bonds. The Labute approximate surface area is 186 Å². The number of anilines is 1. The second-order valence-electron chi connectivity index (χ2n) is 7.44. The second-order valence-corrected chi connectivity index (χ2v) is 7.44. The number of ether oxygens (including phenoxy) is 2. The molecule has 0 bridgehead atoms. The van der Waals surface area contributed by atoms with E-state index in [1.807, 2.05) is 59.5 Å². The monoisotopic (exact) mass is 431 g/mol. The number of nitrogens with zero attached hydrogens (tertiary/aromatic N) is 3. The highest BCUT2D eigenvalue weighted by atomic mass is 16.5. The van der Waals surface area contributed by atoms with Gasteiger partial charge in [0.25, 0.3) is 5.56 Å². The molecule has 0 N–H and O–H groups in total. The summed E-state index contributed by atoms with van der Waals surface area (Å²) in [7, 11) is 3.22. The van der Waals surface area contributed by atoms with Crippen LogP contribution >= 0.6 is 0 Å². The topological polar surface area (TPSA) is 73.7 Å². The molecule has 1 saturated heterocycles. The standard InChI is InChI=1S/C25H25N3O4/c1-27-25(30)24(28-14-16-32-17-15-28)22(23(26-27)19-6-4-3-5-7-19)21(29)13-10-18-8-11-20(31-2)12-9-18/h3-13H,14-17H2,1-2H3/b13-10-. The summed E-state index contributed by atoms with van der Waals surface area (Å²) in [5.41, 5.74) is 2.50. The van der Waals surface area contributed by atoms with Gasteiger partial charge in [-0.05, 0) is 23.8 Å². The van der Waals surface area contributed by atoms with E-state index in [4.69, 9.17) is 9.47 Å². The molecule has 0 saturated carbocycles. The summed E-state index contributed by atoms with van der Waals surface area (Å²) in [5, 5.41) is 4.47. The highest BCUT2D eigenvalue weighted by Crippen LogP contribution is 2.28. The number of ketones is 1. The van der Waals surface area contributed by atoms with Crippen molar-refractivity contribution in [3.63, 3.8) is 0 Å². The highest BCUT2D eigenvalue weighted by molar-refractivity contribution is 6.14. The van der Waals surface area contributed by atoms with Crippen LogP contribution in [0.3, 0.4) is 0 Å². The lowest BCUT2D eigenvalue weighted by Gasteiger charge is -2.30. The average molecular weight is 431 g/mol. The van der Waals surface area contributed by atoms with Crippen molar-refractivity contribution in [2.24, 2.45) is 7.05 Å². The fourth-order valence-electron chi connectivity index (χ4n) is 3.70. The van der Waals surface area contributed by atoms with Crippen LogP contribution in [0.4, 0.5) is 5.69 Å². The van der Waals surface area contributed by atoms with Crippen LogP contribution in [0.25, 0.3) is 17.3 Å². The fourth-order valence-corrected chi connectivity index (χ4v) is 3.70. The zero-order valence-electron chi connectivity index (χ0n) is 18.2. The van der Waals surface area contributed by atoms with E-state index < -0.39 is 0 Å². The Morgan fingerprint density at radius 2 is 1.75 bits per heavy atom. The lowest BCUT2D eigenvalue weighted by atomic mass is 10.00. The predicted molar refractivity (Wildman–Crippen MR) is 124 cm³/mol. The van der Waals surface area contributed by atoms with Crippen LogP contribution in [-0.2, 0) is 11.8 Å². The van der Waals surface area contributed by atoms with E-state index in [-0.39, 0.29) is 11.3 Å². The molecule has 0 atom stereocenters. The lowest BCUT2D eigenvalue weighted by molar-refractivity contribution is 0.104. The van der Waals surface area contributed by atoms with Crippen molar-refractivity contribution in [3.8, 4) is 17.0 Å². The Hall–Kier alpha value is -3.71. The van der Waals surface area contributed by atoms with Gasteiger partial charge in [-0.3, -0.25) is 9.59 Å². The van der Waals surface area contributed by atoms with Crippen molar-refractivity contribution in [1.82, 2.24) is 9.78 Å². The maximum absolute atomic E-state index is 13.5. The molecule has 164 valence electrons. The molecule has 2 heterocycles. The Morgan fingerprint density at radius 1 is 1.06 bits per heavy atom. The van der Waals surface area contributed by atoms with Gasteiger partial charge in [0.15, 0.2) is 5.78 Å². The van der Waals surface area contributed by atoms with Gasteiger partial charge in [-0.2, -0.15) is 5.10 Å². The number of methoxy groups -OCH3 is 1. The fraction of sp³-hybridized carbons (Fsp3) is 0.240. The summed E-state index contributed by atoms with van der Waals surface area (Å²) >= 11 is 0. The first-order chi connectivity index (χ1) is 15.6. The number of allylic oxidation sites excluding steroid dienone is 1. The van der Waals surface area contributed by atoms with Crippen LogP contribution in [-0.4, -0.2) is 49.0 Å². The summed E-state index contributed by atoms with van der Waals surface area (Å²) in [6, 6.07) is 16.9. The molecule has 1 aliphatic heterocycles. The van der Waals surface area contributed by atoms with E-state index in [9.17, 15) is 9.59 Å². The number of aromatic nitrogens is 2. The maximum atomic E-state index is 13.5. The van der Waals surface area contributed by atoms with Gasteiger partial charge in [-0.25, -0.2) is 4.68 Å². The van der Waals surface area contributed by atoms with E-state index in [2.05, 4.69) is 5.10 Å². The highest BCUT2D eigenvalue weighted by Gasteiger charge is 2.27. The van der Waals surface area contributed by atoms with E-state index in [1.54, 1.807) is 20.2 Å². The van der Waals surface area contributed by atoms with Crippen LogP contribution in [0, 0.1) is 0 Å². The van der Waals surface area contributed by atoms with Crippen LogP contribution in [0.1, 0.15) is 15.9 Å². The zero-order chi connectivity index (χ0) is 22.5. The number of morpholine rings is 1. The normalized spacial score (nSPS) is 14.0. The third kappa shape index (κ3) is 4.48. The zero-order valence-corrected chi connectivity index (χ0v) is 18.2. The number of hydrogen-bond acceptors (Lipinski definition) is 6. The first kappa shape index (κ1) is 21.5. The molecule has 7 heteroatoms. The molecule has 1 aliphatic rings. The van der Waals surface area contributed by atoms with Crippen molar-refractivity contribution in [2.45, 2.75) is 0 Å². The molecule has 0 spiro atoms. The largest absolute Gasteiger partial charge is 0.497 e. The minimum Gasteiger partial charge on any atom is -0.497 e. The lowest BCUT2D eigenvalue weighted by Crippen LogP contribution is -2.42. The van der Waals surface area contributed by atoms with Crippen molar-refractivity contribution in [2.75, 3.05) is 38.3 Å². The van der Waals surface area contributed by atoms with Crippen LogP contribution in [0.15, 0.2) is 65.5 Å². The molecular formula is C25H25N3O4. The molecule has 1 aromatic heterocycles. The third-order valence-electron chi connectivity index (χ3n) is 5.38. The summed E-state index contributed by atoms with van der Waals surface area (Å²) in [4.78, 5) is 28.6. The molecule has 0 unspecified atom stereocenters. The van der Waals surface area contributed by atoms with Crippen molar-refractivity contribution in [1.29, 1.82) is 0 Å². The van der Waals surface area contributed by atoms with E-state index in [1.165, 1.54) is 10.8 Å². The quantitative estimate of drug-likeness (QED) is 0.441. The Bertz CT molecular complexity index is 1180. The number of benzene rings is 2. The molecular weight excluding hydrogens is 406 g/mol. The molecule has 32 heavy (non-hydrogen) atoms. The van der Waals surface area contributed by atoms with Gasteiger partial charge in [0.2, 0.25) is 0 Å². The van der Waals surface area contributed by atoms with Crippen molar-refractivity contribution >= 4 is 17.5 Å². The Balaban J connectivity index is 1.83. The predicted octanol–water partition coefficient (Wildman–Crippen LogP) is 3.19.